The summed E-state index contributed by atoms with van der Waals surface area (Å²) in [5, 5.41) is 13.8. The van der Waals surface area contributed by atoms with Gasteiger partial charge < -0.3 is 24.5 Å². The first-order valence-corrected chi connectivity index (χ1v) is 9.98. The number of nitrogens with one attached hydrogen (secondary N) is 1. The van der Waals surface area contributed by atoms with E-state index in [9.17, 15) is 14.7 Å². The van der Waals surface area contributed by atoms with E-state index in [4.69, 9.17) is 9.15 Å². The van der Waals surface area contributed by atoms with Crippen LogP contribution < -0.4 is 10.9 Å². The van der Waals surface area contributed by atoms with Crippen molar-refractivity contribution in [3.8, 4) is 5.75 Å². The van der Waals surface area contributed by atoms with Gasteiger partial charge in [-0.25, -0.2) is 9.59 Å². The molecular weight excluding hydrogens is 384 g/mol. The number of amides is 2. The van der Waals surface area contributed by atoms with Gasteiger partial charge in [-0.05, 0) is 43.5 Å². The summed E-state index contributed by atoms with van der Waals surface area (Å²) in [6, 6.07) is 13.3. The highest BCUT2D eigenvalue weighted by Crippen LogP contribution is 2.23. The number of benzene rings is 2. The van der Waals surface area contributed by atoms with E-state index in [0.29, 0.717) is 30.0 Å². The van der Waals surface area contributed by atoms with Crippen LogP contribution >= 0.6 is 0 Å². The lowest BCUT2D eigenvalue weighted by Crippen LogP contribution is -2.39. The maximum absolute atomic E-state index is 13.1. The predicted molar refractivity (Wildman–Crippen MR) is 114 cm³/mol. The van der Waals surface area contributed by atoms with E-state index in [1.807, 2.05) is 19.1 Å². The molecule has 1 atom stereocenters. The number of phenols is 1. The van der Waals surface area contributed by atoms with Crippen LogP contribution in [0.1, 0.15) is 24.0 Å². The third-order valence-corrected chi connectivity index (χ3v) is 5.29. The Morgan fingerprint density at radius 3 is 2.83 bits per heavy atom. The molecule has 0 aliphatic carbocycles. The molecule has 1 fully saturated rings. The SMILES string of the molecule is Cc1cc(=O)oc2cc(NC(=O)N(Cc3ccccc3O)CC3CCCO3)ccc12. The minimum absolute atomic E-state index is 0.0288. The summed E-state index contributed by atoms with van der Waals surface area (Å²) in [7, 11) is 0. The molecular formula is C23H24N2O5. The van der Waals surface area contributed by atoms with Crippen molar-refractivity contribution in [1.29, 1.82) is 0 Å². The number of fused-ring (bicyclic) bond motifs is 1. The zero-order valence-corrected chi connectivity index (χ0v) is 16.8. The van der Waals surface area contributed by atoms with Crippen LogP contribution in [0.15, 0.2) is 57.7 Å². The largest absolute Gasteiger partial charge is 0.508 e. The van der Waals surface area contributed by atoms with Gasteiger partial charge in [0.05, 0.1) is 12.6 Å². The zero-order chi connectivity index (χ0) is 21.1. The van der Waals surface area contributed by atoms with Gasteiger partial charge >= 0.3 is 11.7 Å². The molecule has 1 saturated heterocycles. The minimum Gasteiger partial charge on any atom is -0.508 e. The molecule has 30 heavy (non-hydrogen) atoms. The molecule has 0 saturated carbocycles. The second kappa shape index (κ2) is 8.59. The monoisotopic (exact) mass is 408 g/mol. The molecule has 156 valence electrons. The molecule has 2 heterocycles. The van der Waals surface area contributed by atoms with Gasteiger partial charge in [0.15, 0.2) is 0 Å². The van der Waals surface area contributed by atoms with Crippen molar-refractivity contribution in [3.63, 3.8) is 0 Å². The molecule has 2 amide bonds. The van der Waals surface area contributed by atoms with Crippen LogP contribution in [0.3, 0.4) is 0 Å². The predicted octanol–water partition coefficient (Wildman–Crippen LogP) is 4.02. The maximum Gasteiger partial charge on any atom is 0.336 e. The van der Waals surface area contributed by atoms with Crippen LogP contribution in [-0.4, -0.2) is 35.3 Å². The number of aromatic hydroxyl groups is 1. The van der Waals surface area contributed by atoms with Crippen molar-refractivity contribution in [3.05, 3.63) is 70.1 Å². The Morgan fingerprint density at radius 2 is 2.07 bits per heavy atom. The summed E-state index contributed by atoms with van der Waals surface area (Å²) < 4.78 is 11.0. The van der Waals surface area contributed by atoms with Crippen LogP contribution in [0, 0.1) is 6.92 Å². The lowest BCUT2D eigenvalue weighted by molar-refractivity contribution is 0.0817. The number of para-hydroxylation sites is 1. The van der Waals surface area contributed by atoms with Gasteiger partial charge in [0.1, 0.15) is 11.3 Å². The van der Waals surface area contributed by atoms with E-state index in [1.54, 1.807) is 35.2 Å². The Hall–Kier alpha value is -3.32. The molecule has 2 aromatic carbocycles. The number of carbonyl (C=O) groups is 1. The van der Waals surface area contributed by atoms with Crippen molar-refractivity contribution in [2.24, 2.45) is 0 Å². The van der Waals surface area contributed by atoms with Crippen LogP contribution in [0.4, 0.5) is 10.5 Å². The Balaban J connectivity index is 1.56. The summed E-state index contributed by atoms with van der Waals surface area (Å²) in [5.41, 5.74) is 1.99. The highest BCUT2D eigenvalue weighted by molar-refractivity contribution is 5.92. The Labute approximate surface area is 173 Å². The van der Waals surface area contributed by atoms with E-state index < -0.39 is 5.63 Å². The number of carbonyl (C=O) groups excluding carboxylic acids is 1. The van der Waals surface area contributed by atoms with Crippen molar-refractivity contribution < 1.29 is 19.1 Å². The quantitative estimate of drug-likeness (QED) is 0.622. The topological polar surface area (TPSA) is 92.0 Å². The standard InChI is InChI=1S/C23H24N2O5/c1-15-11-22(27)30-21-12-17(8-9-19(15)21)24-23(28)25(14-18-6-4-10-29-18)13-16-5-2-3-7-20(16)26/h2-3,5,7-9,11-12,18,26H,4,6,10,13-14H2,1H3,(H,24,28). The number of ether oxygens (including phenoxy) is 1. The average molecular weight is 408 g/mol. The fourth-order valence-electron chi connectivity index (χ4n) is 3.71. The van der Waals surface area contributed by atoms with Gasteiger partial charge in [-0.15, -0.1) is 0 Å². The first kappa shape index (κ1) is 20.0. The summed E-state index contributed by atoms with van der Waals surface area (Å²) in [5.74, 6) is 0.144. The second-order valence-electron chi connectivity index (χ2n) is 7.53. The number of urea groups is 1. The molecule has 1 aliphatic rings. The summed E-state index contributed by atoms with van der Waals surface area (Å²) >= 11 is 0. The third-order valence-electron chi connectivity index (χ3n) is 5.29. The van der Waals surface area contributed by atoms with Crippen molar-refractivity contribution in [2.75, 3.05) is 18.5 Å². The molecule has 0 spiro atoms. The van der Waals surface area contributed by atoms with Gasteiger partial charge in [0.25, 0.3) is 0 Å². The summed E-state index contributed by atoms with van der Waals surface area (Å²) in [4.78, 5) is 26.4. The molecule has 1 unspecified atom stereocenters. The first-order valence-electron chi connectivity index (χ1n) is 9.98. The summed E-state index contributed by atoms with van der Waals surface area (Å²) in [6.45, 7) is 3.20. The highest BCUT2D eigenvalue weighted by Gasteiger charge is 2.23. The third kappa shape index (κ3) is 4.46. The van der Waals surface area contributed by atoms with E-state index in [-0.39, 0.29) is 24.4 Å². The normalized spacial score (nSPS) is 16.0. The van der Waals surface area contributed by atoms with Crippen LogP contribution in [-0.2, 0) is 11.3 Å². The molecule has 7 nitrogen and oxygen atoms in total. The fourth-order valence-corrected chi connectivity index (χ4v) is 3.71. The molecule has 2 N–H and O–H groups in total. The second-order valence-corrected chi connectivity index (χ2v) is 7.53. The highest BCUT2D eigenvalue weighted by atomic mass is 16.5. The molecule has 1 aliphatic heterocycles. The fraction of sp³-hybridized carbons (Fsp3) is 0.304. The van der Waals surface area contributed by atoms with E-state index >= 15 is 0 Å². The van der Waals surface area contributed by atoms with Gasteiger partial charge in [0, 0.05) is 41.9 Å². The van der Waals surface area contributed by atoms with E-state index in [2.05, 4.69) is 5.32 Å². The zero-order valence-electron chi connectivity index (χ0n) is 16.8. The number of anilines is 1. The molecule has 0 radical (unpaired) electrons. The Kier molecular flexibility index (Phi) is 5.72. The number of phenolic OH excluding ortho intramolecular Hbond substituents is 1. The van der Waals surface area contributed by atoms with Gasteiger partial charge in [-0.2, -0.15) is 0 Å². The van der Waals surface area contributed by atoms with Crippen molar-refractivity contribution in [2.45, 2.75) is 32.4 Å². The van der Waals surface area contributed by atoms with Crippen molar-refractivity contribution in [1.82, 2.24) is 4.90 Å². The lowest BCUT2D eigenvalue weighted by Gasteiger charge is -2.26. The molecule has 7 heteroatoms. The molecule has 3 aromatic rings. The number of hydrogen-bond donors (Lipinski definition) is 2. The summed E-state index contributed by atoms with van der Waals surface area (Å²) in [6.07, 6.45) is 1.84. The van der Waals surface area contributed by atoms with Crippen molar-refractivity contribution >= 4 is 22.7 Å². The van der Waals surface area contributed by atoms with Crippen LogP contribution in [0.2, 0.25) is 0 Å². The number of rotatable bonds is 5. The van der Waals surface area contributed by atoms with Crippen LogP contribution in [0.25, 0.3) is 11.0 Å². The smallest absolute Gasteiger partial charge is 0.336 e. The molecule has 4 rings (SSSR count). The van der Waals surface area contributed by atoms with E-state index in [0.717, 1.165) is 23.8 Å². The Bertz CT molecular complexity index is 1120. The Morgan fingerprint density at radius 1 is 1.23 bits per heavy atom. The number of hydrogen-bond acceptors (Lipinski definition) is 5. The van der Waals surface area contributed by atoms with E-state index in [1.165, 1.54) is 6.07 Å². The van der Waals surface area contributed by atoms with Crippen LogP contribution in [0.5, 0.6) is 5.75 Å². The lowest BCUT2D eigenvalue weighted by atomic mass is 10.1. The van der Waals surface area contributed by atoms with Gasteiger partial charge in [-0.3, -0.25) is 0 Å². The molecule has 1 aromatic heterocycles. The first-order chi connectivity index (χ1) is 14.5. The van der Waals surface area contributed by atoms with Gasteiger partial charge in [0.2, 0.25) is 0 Å². The average Bonchev–Trinajstić information content (AvgIpc) is 3.22. The van der Waals surface area contributed by atoms with Gasteiger partial charge in [-0.1, -0.05) is 18.2 Å². The number of aryl methyl sites for hydroxylation is 1. The maximum atomic E-state index is 13.1. The number of nitrogens with zero attached hydrogens (tertiary/aromatic N) is 1. The minimum atomic E-state index is -0.428. The molecule has 0 bridgehead atoms.